The predicted octanol–water partition coefficient (Wildman–Crippen LogP) is 2.12. The van der Waals surface area contributed by atoms with Gasteiger partial charge in [0.1, 0.15) is 0 Å². The molecule has 2 N–H and O–H groups in total. The number of rotatable bonds is 5. The first-order chi connectivity index (χ1) is 8.85. The van der Waals surface area contributed by atoms with Crippen LogP contribution in [0.25, 0.3) is 0 Å². The standard InChI is InChI=1S/C12H14ClNO4S/c1-2-7-5-11(7)14-19(17,18)8-3-4-9(12(15)16)10(13)6-8/h3-4,6-7,11,14H,2,5H2,1H3,(H,15,16). The molecular weight excluding hydrogens is 290 g/mol. The van der Waals surface area contributed by atoms with Gasteiger partial charge in [0.2, 0.25) is 10.0 Å². The van der Waals surface area contributed by atoms with E-state index >= 15 is 0 Å². The van der Waals surface area contributed by atoms with Gasteiger partial charge in [-0.05, 0) is 30.5 Å². The molecule has 19 heavy (non-hydrogen) atoms. The van der Waals surface area contributed by atoms with Gasteiger partial charge in [-0.25, -0.2) is 17.9 Å². The van der Waals surface area contributed by atoms with Gasteiger partial charge in [-0.2, -0.15) is 0 Å². The Morgan fingerprint density at radius 2 is 2.21 bits per heavy atom. The molecule has 7 heteroatoms. The van der Waals surface area contributed by atoms with Gasteiger partial charge in [0, 0.05) is 6.04 Å². The maximum absolute atomic E-state index is 12.1. The molecule has 1 aromatic rings. The molecule has 0 bridgehead atoms. The number of carboxylic acid groups (broad SMARTS) is 1. The molecule has 0 aromatic heterocycles. The molecule has 2 atom stereocenters. The van der Waals surface area contributed by atoms with Crippen LogP contribution in [0.5, 0.6) is 0 Å². The normalized spacial score (nSPS) is 22.2. The summed E-state index contributed by atoms with van der Waals surface area (Å²) in [4.78, 5) is 10.8. The SMILES string of the molecule is CCC1CC1NS(=O)(=O)c1ccc(C(=O)O)c(Cl)c1. The first-order valence-electron chi connectivity index (χ1n) is 5.90. The minimum absolute atomic E-state index is 0.00995. The highest BCUT2D eigenvalue weighted by molar-refractivity contribution is 7.89. The summed E-state index contributed by atoms with van der Waals surface area (Å²) in [6.07, 6.45) is 1.78. The lowest BCUT2D eigenvalue weighted by Gasteiger charge is -2.07. The molecule has 1 aliphatic rings. The van der Waals surface area contributed by atoms with Gasteiger partial charge in [-0.15, -0.1) is 0 Å². The summed E-state index contributed by atoms with van der Waals surface area (Å²) in [5.41, 5.74) is -0.113. The first-order valence-corrected chi connectivity index (χ1v) is 7.76. The van der Waals surface area contributed by atoms with Crippen molar-refractivity contribution in [3.05, 3.63) is 28.8 Å². The lowest BCUT2D eigenvalue weighted by molar-refractivity contribution is 0.0697. The molecule has 1 fully saturated rings. The van der Waals surface area contributed by atoms with E-state index in [1.165, 1.54) is 12.1 Å². The van der Waals surface area contributed by atoms with Crippen molar-refractivity contribution in [2.75, 3.05) is 0 Å². The third-order valence-electron chi connectivity index (χ3n) is 3.23. The lowest BCUT2D eigenvalue weighted by Crippen LogP contribution is -2.27. The van der Waals surface area contributed by atoms with Crippen LogP contribution in [0.3, 0.4) is 0 Å². The molecule has 1 aromatic carbocycles. The van der Waals surface area contributed by atoms with Crippen molar-refractivity contribution < 1.29 is 18.3 Å². The fraction of sp³-hybridized carbons (Fsp3) is 0.417. The van der Waals surface area contributed by atoms with E-state index in [2.05, 4.69) is 4.72 Å². The largest absolute Gasteiger partial charge is 0.478 e. The van der Waals surface area contributed by atoms with Crippen LogP contribution in [0.2, 0.25) is 5.02 Å². The van der Waals surface area contributed by atoms with E-state index in [4.69, 9.17) is 16.7 Å². The van der Waals surface area contributed by atoms with Gasteiger partial charge in [0.15, 0.2) is 0 Å². The highest BCUT2D eigenvalue weighted by Crippen LogP contribution is 2.34. The summed E-state index contributed by atoms with van der Waals surface area (Å²) in [6.45, 7) is 2.01. The van der Waals surface area contributed by atoms with Crippen molar-refractivity contribution in [3.63, 3.8) is 0 Å². The van der Waals surface area contributed by atoms with Crippen molar-refractivity contribution in [1.29, 1.82) is 0 Å². The van der Waals surface area contributed by atoms with Crippen molar-refractivity contribution in [2.45, 2.75) is 30.7 Å². The number of halogens is 1. The topological polar surface area (TPSA) is 83.5 Å². The van der Waals surface area contributed by atoms with Crippen LogP contribution >= 0.6 is 11.6 Å². The Labute approximate surface area is 116 Å². The smallest absolute Gasteiger partial charge is 0.337 e. The summed E-state index contributed by atoms with van der Waals surface area (Å²) in [5, 5.41) is 8.75. The van der Waals surface area contributed by atoms with E-state index in [0.717, 1.165) is 18.9 Å². The molecule has 0 amide bonds. The zero-order valence-corrected chi connectivity index (χ0v) is 11.8. The molecule has 1 saturated carbocycles. The van der Waals surface area contributed by atoms with E-state index in [1.807, 2.05) is 6.92 Å². The third-order valence-corrected chi connectivity index (χ3v) is 5.04. The number of hydrogen-bond acceptors (Lipinski definition) is 3. The molecule has 2 unspecified atom stereocenters. The van der Waals surface area contributed by atoms with Crippen LogP contribution in [-0.2, 0) is 10.0 Å². The monoisotopic (exact) mass is 303 g/mol. The second kappa shape index (κ2) is 5.11. The van der Waals surface area contributed by atoms with Crippen LogP contribution in [0.4, 0.5) is 0 Å². The average Bonchev–Trinajstić information content (AvgIpc) is 3.06. The third kappa shape index (κ3) is 3.08. The highest BCUT2D eigenvalue weighted by Gasteiger charge is 2.38. The number of hydrogen-bond donors (Lipinski definition) is 2. The maximum Gasteiger partial charge on any atom is 0.337 e. The number of benzene rings is 1. The molecule has 104 valence electrons. The molecule has 0 spiro atoms. The molecule has 0 radical (unpaired) electrons. The van der Waals surface area contributed by atoms with Crippen LogP contribution in [0, 0.1) is 5.92 Å². The molecule has 0 aliphatic heterocycles. The van der Waals surface area contributed by atoms with Gasteiger partial charge in [-0.3, -0.25) is 0 Å². The van der Waals surface area contributed by atoms with Gasteiger partial charge in [-0.1, -0.05) is 24.9 Å². The number of aromatic carboxylic acids is 1. The summed E-state index contributed by atoms with van der Waals surface area (Å²) in [5.74, 6) is -0.793. The number of sulfonamides is 1. The van der Waals surface area contributed by atoms with E-state index < -0.39 is 16.0 Å². The molecule has 2 rings (SSSR count). The maximum atomic E-state index is 12.1. The van der Waals surface area contributed by atoms with Gasteiger partial charge < -0.3 is 5.11 Å². The summed E-state index contributed by atoms with van der Waals surface area (Å²) in [7, 11) is -3.63. The summed E-state index contributed by atoms with van der Waals surface area (Å²) in [6, 6.07) is 3.59. The number of nitrogens with one attached hydrogen (secondary N) is 1. The fourth-order valence-corrected chi connectivity index (χ4v) is 3.62. The zero-order chi connectivity index (χ0) is 14.2. The Bertz CT molecular complexity index is 614. The zero-order valence-electron chi connectivity index (χ0n) is 10.3. The van der Waals surface area contributed by atoms with Crippen molar-refractivity contribution in [1.82, 2.24) is 4.72 Å². The second-order valence-corrected chi connectivity index (χ2v) is 6.70. The van der Waals surface area contributed by atoms with Crippen molar-refractivity contribution in [3.8, 4) is 0 Å². The molecule has 1 aliphatic carbocycles. The Kier molecular flexibility index (Phi) is 3.85. The van der Waals surface area contributed by atoms with Crippen LogP contribution in [0.15, 0.2) is 23.1 Å². The van der Waals surface area contributed by atoms with E-state index in [1.54, 1.807) is 0 Å². The van der Waals surface area contributed by atoms with Gasteiger partial charge in [0.05, 0.1) is 15.5 Å². The highest BCUT2D eigenvalue weighted by atomic mass is 35.5. The number of carboxylic acids is 1. The Balaban J connectivity index is 2.22. The Morgan fingerprint density at radius 3 is 2.68 bits per heavy atom. The lowest BCUT2D eigenvalue weighted by atomic mass is 10.2. The van der Waals surface area contributed by atoms with Crippen LogP contribution < -0.4 is 4.72 Å². The molecular formula is C12H14ClNO4S. The van der Waals surface area contributed by atoms with Crippen molar-refractivity contribution >= 4 is 27.6 Å². The quantitative estimate of drug-likeness (QED) is 0.872. The van der Waals surface area contributed by atoms with Crippen LogP contribution in [-0.4, -0.2) is 25.5 Å². The van der Waals surface area contributed by atoms with Crippen LogP contribution in [0.1, 0.15) is 30.1 Å². The summed E-state index contributed by atoms with van der Waals surface area (Å²) >= 11 is 5.77. The van der Waals surface area contributed by atoms with Gasteiger partial charge >= 0.3 is 5.97 Å². The molecule has 0 heterocycles. The minimum atomic E-state index is -3.63. The van der Waals surface area contributed by atoms with E-state index in [9.17, 15) is 13.2 Å². The molecule has 5 nitrogen and oxygen atoms in total. The van der Waals surface area contributed by atoms with Crippen molar-refractivity contribution in [2.24, 2.45) is 5.92 Å². The van der Waals surface area contributed by atoms with E-state index in [-0.39, 0.29) is 21.5 Å². The van der Waals surface area contributed by atoms with E-state index in [0.29, 0.717) is 5.92 Å². The second-order valence-electron chi connectivity index (χ2n) is 4.58. The summed E-state index contributed by atoms with van der Waals surface area (Å²) < 4.78 is 26.7. The minimum Gasteiger partial charge on any atom is -0.478 e. The molecule has 0 saturated heterocycles. The first kappa shape index (κ1) is 14.3. The number of carbonyl (C=O) groups is 1. The fourth-order valence-electron chi connectivity index (χ4n) is 1.95. The Hall–Kier alpha value is -1.11. The Morgan fingerprint density at radius 1 is 1.53 bits per heavy atom. The average molecular weight is 304 g/mol. The van der Waals surface area contributed by atoms with Gasteiger partial charge in [0.25, 0.3) is 0 Å². The predicted molar refractivity (Wildman–Crippen MR) is 70.9 cm³/mol.